The summed E-state index contributed by atoms with van der Waals surface area (Å²) >= 11 is 0. The first-order valence-electron chi connectivity index (χ1n) is 20.3. The van der Waals surface area contributed by atoms with Crippen molar-refractivity contribution in [3.63, 3.8) is 0 Å². The van der Waals surface area contributed by atoms with Crippen molar-refractivity contribution >= 4 is 56.9 Å². The fourth-order valence-corrected chi connectivity index (χ4v) is 7.03. The summed E-state index contributed by atoms with van der Waals surface area (Å²) in [5, 5.41) is 2.11. The van der Waals surface area contributed by atoms with Crippen LogP contribution in [0.1, 0.15) is 57.1 Å². The minimum Gasteiger partial charge on any atom is -0.487 e. The molecule has 63 heavy (non-hydrogen) atoms. The molecule has 11 heteroatoms. The van der Waals surface area contributed by atoms with Gasteiger partial charge in [0.1, 0.15) is 24.7 Å². The lowest BCUT2D eigenvalue weighted by Gasteiger charge is -2.22. The molecule has 2 aromatic heterocycles. The van der Waals surface area contributed by atoms with Gasteiger partial charge in [0, 0.05) is 42.1 Å². The average Bonchev–Trinajstić information content (AvgIpc) is 3.31. The molecule has 6 aromatic carbocycles. The molecule has 0 atom stereocenters. The second-order valence-electron chi connectivity index (χ2n) is 14.8. The fourth-order valence-electron chi connectivity index (χ4n) is 7.03. The summed E-state index contributed by atoms with van der Waals surface area (Å²) in [6, 6.07) is 51.2. The number of para-hydroxylation sites is 2. The quantitative estimate of drug-likeness (QED) is 0.0777. The zero-order valence-electron chi connectivity index (χ0n) is 34.6. The minimum atomic E-state index is -0.832. The van der Waals surface area contributed by atoms with Crippen LogP contribution >= 0.6 is 0 Å². The molecule has 0 saturated carbocycles. The lowest BCUT2D eigenvalue weighted by molar-refractivity contribution is -0.117. The van der Waals surface area contributed by atoms with Crippen LogP contribution in [0.25, 0.3) is 21.8 Å². The third-order valence-corrected chi connectivity index (χ3v) is 10.3. The number of hydrogen-bond acceptors (Lipinski definition) is 9. The van der Waals surface area contributed by atoms with E-state index < -0.39 is 11.9 Å². The van der Waals surface area contributed by atoms with Crippen LogP contribution in [0.4, 0.5) is 11.4 Å². The van der Waals surface area contributed by atoms with E-state index in [2.05, 4.69) is 9.97 Å². The standard InChI is InChI=1S/C52H42N4O7/c1-35(57)55(45-25-27-47(28-26-45)61-33-43-23-21-39-10-3-5-15-49(39)53-43)31-37-17-19-41(20-18-37)51(59)63-52(60)42-12-7-9-38(29-42)32-56(36(2)58)46-13-8-14-48(30-46)62-34-44-24-22-40-11-4-6-16-50(40)54-44/h3-30H,31-34H2,1-2H3. The Morgan fingerprint density at radius 2 is 1.02 bits per heavy atom. The van der Waals surface area contributed by atoms with Crippen molar-refractivity contribution in [1.29, 1.82) is 0 Å². The van der Waals surface area contributed by atoms with Crippen LogP contribution in [0.2, 0.25) is 0 Å². The molecule has 312 valence electrons. The van der Waals surface area contributed by atoms with E-state index in [1.54, 1.807) is 76.5 Å². The predicted molar refractivity (Wildman–Crippen MR) is 241 cm³/mol. The second-order valence-corrected chi connectivity index (χ2v) is 14.8. The van der Waals surface area contributed by atoms with Gasteiger partial charge in [0.05, 0.1) is 46.6 Å². The number of nitrogens with zero attached hydrogens (tertiary/aromatic N) is 4. The van der Waals surface area contributed by atoms with Crippen molar-refractivity contribution < 1.29 is 33.4 Å². The number of ether oxygens (including phenoxy) is 3. The summed E-state index contributed by atoms with van der Waals surface area (Å²) in [6.07, 6.45) is 0. The molecule has 2 heterocycles. The normalized spacial score (nSPS) is 10.9. The number of amides is 2. The molecule has 0 saturated heterocycles. The number of hydrogen-bond donors (Lipinski definition) is 0. The van der Waals surface area contributed by atoms with Crippen LogP contribution in [-0.2, 0) is 40.6 Å². The van der Waals surface area contributed by atoms with Gasteiger partial charge in [0.2, 0.25) is 11.8 Å². The average molecular weight is 835 g/mol. The summed E-state index contributed by atoms with van der Waals surface area (Å²) in [5.74, 6) is -0.830. The van der Waals surface area contributed by atoms with Gasteiger partial charge >= 0.3 is 11.9 Å². The summed E-state index contributed by atoms with van der Waals surface area (Å²) in [4.78, 5) is 64.4. The molecule has 0 bridgehead atoms. The third kappa shape index (κ3) is 10.4. The van der Waals surface area contributed by atoms with Crippen molar-refractivity contribution in [2.75, 3.05) is 9.80 Å². The molecule has 0 N–H and O–H groups in total. The largest absolute Gasteiger partial charge is 0.487 e. The van der Waals surface area contributed by atoms with Crippen LogP contribution in [-0.4, -0.2) is 33.7 Å². The van der Waals surface area contributed by atoms with Gasteiger partial charge in [0.15, 0.2) is 0 Å². The van der Waals surface area contributed by atoms with E-state index in [1.807, 2.05) is 103 Å². The van der Waals surface area contributed by atoms with Crippen LogP contribution in [0, 0.1) is 0 Å². The Kier molecular flexibility index (Phi) is 12.6. The Balaban J connectivity index is 0.853. The van der Waals surface area contributed by atoms with Gasteiger partial charge < -0.3 is 24.0 Å². The lowest BCUT2D eigenvalue weighted by Crippen LogP contribution is -2.28. The highest BCUT2D eigenvalue weighted by molar-refractivity contribution is 6.02. The highest BCUT2D eigenvalue weighted by Gasteiger charge is 2.19. The number of pyridine rings is 2. The topological polar surface area (TPSA) is 128 Å². The summed E-state index contributed by atoms with van der Waals surface area (Å²) in [5.41, 5.74) is 6.38. The van der Waals surface area contributed by atoms with E-state index in [1.165, 1.54) is 13.8 Å². The highest BCUT2D eigenvalue weighted by atomic mass is 16.6. The van der Waals surface area contributed by atoms with E-state index in [0.29, 0.717) is 35.0 Å². The van der Waals surface area contributed by atoms with E-state index in [-0.39, 0.29) is 42.6 Å². The number of anilines is 2. The number of aromatic nitrogens is 2. The lowest BCUT2D eigenvalue weighted by atomic mass is 10.1. The summed E-state index contributed by atoms with van der Waals surface area (Å²) in [7, 11) is 0. The molecule has 8 aromatic rings. The maximum atomic E-state index is 13.2. The van der Waals surface area contributed by atoms with Crippen molar-refractivity contribution in [1.82, 2.24) is 9.97 Å². The number of benzene rings is 6. The van der Waals surface area contributed by atoms with Gasteiger partial charge in [-0.1, -0.05) is 78.9 Å². The Bertz CT molecular complexity index is 2950. The molecule has 11 nitrogen and oxygen atoms in total. The molecule has 0 spiro atoms. The molecule has 0 unspecified atom stereocenters. The van der Waals surface area contributed by atoms with Crippen molar-refractivity contribution in [2.24, 2.45) is 0 Å². The summed E-state index contributed by atoms with van der Waals surface area (Å²) < 4.78 is 17.3. The molecule has 0 aliphatic carbocycles. The Hall–Kier alpha value is -8.18. The maximum Gasteiger partial charge on any atom is 0.346 e. The Morgan fingerprint density at radius 3 is 1.65 bits per heavy atom. The first-order valence-corrected chi connectivity index (χ1v) is 20.3. The van der Waals surface area contributed by atoms with E-state index >= 15 is 0 Å². The number of esters is 2. The number of fused-ring (bicyclic) bond motifs is 2. The van der Waals surface area contributed by atoms with Crippen LogP contribution in [0.3, 0.4) is 0 Å². The maximum absolute atomic E-state index is 13.2. The smallest absolute Gasteiger partial charge is 0.346 e. The molecule has 0 aliphatic rings. The zero-order valence-corrected chi connectivity index (χ0v) is 34.6. The third-order valence-electron chi connectivity index (χ3n) is 10.3. The van der Waals surface area contributed by atoms with Gasteiger partial charge in [-0.25, -0.2) is 19.6 Å². The van der Waals surface area contributed by atoms with Gasteiger partial charge in [-0.15, -0.1) is 0 Å². The first-order chi connectivity index (χ1) is 30.6. The Morgan fingerprint density at radius 1 is 0.460 bits per heavy atom. The number of rotatable bonds is 14. The SMILES string of the molecule is CC(=O)N(Cc1ccc(C(=O)OC(=O)c2cccc(CN(C(C)=O)c3cccc(OCc4ccc5ccccc5n4)c3)c2)cc1)c1ccc(OCc2ccc3ccccc3n2)cc1. The first kappa shape index (κ1) is 41.5. The molecule has 0 radical (unpaired) electrons. The Labute approximate surface area is 364 Å². The molecular formula is C52H42N4O7. The van der Waals surface area contributed by atoms with E-state index in [4.69, 9.17) is 14.2 Å². The highest BCUT2D eigenvalue weighted by Crippen LogP contribution is 2.26. The fraction of sp³-hybridized carbons (Fsp3) is 0.115. The van der Waals surface area contributed by atoms with Gasteiger partial charge in [0.25, 0.3) is 0 Å². The molecule has 0 aliphatic heterocycles. The van der Waals surface area contributed by atoms with Crippen LogP contribution in [0.15, 0.2) is 170 Å². The van der Waals surface area contributed by atoms with Crippen LogP contribution < -0.4 is 19.3 Å². The number of carbonyl (C=O) groups is 4. The minimum absolute atomic E-state index is 0.153. The molecule has 8 rings (SSSR count). The second kappa shape index (κ2) is 19.0. The van der Waals surface area contributed by atoms with Gasteiger partial charge in [-0.05, 0) is 96.1 Å². The monoisotopic (exact) mass is 834 g/mol. The van der Waals surface area contributed by atoms with Gasteiger partial charge in [-0.3, -0.25) is 9.59 Å². The van der Waals surface area contributed by atoms with Crippen LogP contribution in [0.5, 0.6) is 11.5 Å². The zero-order chi connectivity index (χ0) is 43.7. The van der Waals surface area contributed by atoms with Crippen molar-refractivity contribution in [3.8, 4) is 11.5 Å². The number of carbonyl (C=O) groups excluding carboxylic acids is 4. The molecule has 0 fully saturated rings. The van der Waals surface area contributed by atoms with E-state index in [9.17, 15) is 19.2 Å². The molecular weight excluding hydrogens is 793 g/mol. The van der Waals surface area contributed by atoms with Crippen molar-refractivity contribution in [2.45, 2.75) is 40.2 Å². The summed E-state index contributed by atoms with van der Waals surface area (Å²) in [6.45, 7) is 3.90. The van der Waals surface area contributed by atoms with Crippen molar-refractivity contribution in [3.05, 3.63) is 203 Å². The van der Waals surface area contributed by atoms with Gasteiger partial charge in [-0.2, -0.15) is 0 Å². The van der Waals surface area contributed by atoms with E-state index in [0.717, 1.165) is 38.8 Å². The predicted octanol–water partition coefficient (Wildman–Crippen LogP) is 10.0. The molecule has 2 amide bonds.